The number of amides is 3. The van der Waals surface area contributed by atoms with Gasteiger partial charge in [0.2, 0.25) is 5.91 Å². The Balaban J connectivity index is 1.69. The van der Waals surface area contributed by atoms with Crippen molar-refractivity contribution in [3.05, 3.63) is 22.4 Å². The summed E-state index contributed by atoms with van der Waals surface area (Å²) in [7, 11) is 0. The lowest BCUT2D eigenvalue weighted by Crippen LogP contribution is -2.46. The molecule has 2 N–H and O–H groups in total. The van der Waals surface area contributed by atoms with Crippen LogP contribution < -0.4 is 10.6 Å². The Morgan fingerprint density at radius 1 is 1.50 bits per heavy atom. The number of rotatable bonds is 4. The van der Waals surface area contributed by atoms with Gasteiger partial charge in [0.15, 0.2) is 0 Å². The van der Waals surface area contributed by atoms with Crippen LogP contribution in [0.3, 0.4) is 0 Å². The summed E-state index contributed by atoms with van der Waals surface area (Å²) < 4.78 is 0. The molecule has 1 atom stereocenters. The van der Waals surface area contributed by atoms with E-state index in [1.165, 1.54) is 4.88 Å². The standard InChI is InChI=1S/C12H15N3O2S/c16-11(10-6-13-12(17)14-10)15(8-3-4-8)7-9-2-1-5-18-9/h1-2,5,8,10H,3-4,6-7H2,(H2,13,14,17). The van der Waals surface area contributed by atoms with Crippen molar-refractivity contribution in [2.75, 3.05) is 6.54 Å². The summed E-state index contributed by atoms with van der Waals surface area (Å²) >= 11 is 1.66. The molecule has 18 heavy (non-hydrogen) atoms. The maximum absolute atomic E-state index is 12.4. The molecule has 0 aromatic carbocycles. The van der Waals surface area contributed by atoms with Gasteiger partial charge >= 0.3 is 6.03 Å². The molecule has 3 amide bonds. The molecule has 1 unspecified atom stereocenters. The molecule has 1 saturated carbocycles. The molecule has 1 aromatic heterocycles. The third kappa shape index (κ3) is 2.33. The van der Waals surface area contributed by atoms with E-state index in [1.54, 1.807) is 11.3 Å². The number of hydrogen-bond acceptors (Lipinski definition) is 3. The highest BCUT2D eigenvalue weighted by molar-refractivity contribution is 7.09. The molecule has 1 aromatic rings. The molecule has 2 heterocycles. The van der Waals surface area contributed by atoms with Crippen LogP contribution in [0.4, 0.5) is 4.79 Å². The van der Waals surface area contributed by atoms with Crippen molar-refractivity contribution in [1.82, 2.24) is 15.5 Å². The van der Waals surface area contributed by atoms with E-state index < -0.39 is 6.04 Å². The quantitative estimate of drug-likeness (QED) is 0.850. The molecule has 1 aliphatic carbocycles. The highest BCUT2D eigenvalue weighted by atomic mass is 32.1. The molecule has 2 fully saturated rings. The molecule has 0 spiro atoms. The van der Waals surface area contributed by atoms with Crippen LogP contribution in [0, 0.1) is 0 Å². The molecular formula is C12H15N3O2S. The Morgan fingerprint density at radius 2 is 2.33 bits per heavy atom. The first-order valence-corrected chi connectivity index (χ1v) is 6.99. The van der Waals surface area contributed by atoms with Gasteiger partial charge in [0.05, 0.1) is 6.54 Å². The fraction of sp³-hybridized carbons (Fsp3) is 0.500. The molecule has 3 rings (SSSR count). The zero-order valence-electron chi connectivity index (χ0n) is 9.89. The molecule has 5 nitrogen and oxygen atoms in total. The van der Waals surface area contributed by atoms with Gasteiger partial charge in [-0.25, -0.2) is 4.79 Å². The fourth-order valence-electron chi connectivity index (χ4n) is 2.15. The van der Waals surface area contributed by atoms with Gasteiger partial charge in [-0.3, -0.25) is 4.79 Å². The number of nitrogens with zero attached hydrogens (tertiary/aromatic N) is 1. The van der Waals surface area contributed by atoms with E-state index in [-0.39, 0.29) is 11.9 Å². The van der Waals surface area contributed by atoms with Crippen molar-refractivity contribution in [2.45, 2.75) is 31.5 Å². The lowest BCUT2D eigenvalue weighted by molar-refractivity contribution is -0.133. The average Bonchev–Trinajstić information content (AvgIpc) is 2.88. The van der Waals surface area contributed by atoms with E-state index >= 15 is 0 Å². The molecule has 0 bridgehead atoms. The van der Waals surface area contributed by atoms with Crippen LogP contribution in [0.2, 0.25) is 0 Å². The maximum Gasteiger partial charge on any atom is 0.315 e. The van der Waals surface area contributed by atoms with Crippen LogP contribution in [-0.2, 0) is 11.3 Å². The van der Waals surface area contributed by atoms with Crippen LogP contribution in [0.1, 0.15) is 17.7 Å². The van der Waals surface area contributed by atoms with Gasteiger partial charge in [-0.1, -0.05) is 6.07 Å². The second-order valence-corrected chi connectivity index (χ2v) is 5.72. The molecule has 0 radical (unpaired) electrons. The van der Waals surface area contributed by atoms with Crippen molar-refractivity contribution < 1.29 is 9.59 Å². The predicted molar refractivity (Wildman–Crippen MR) is 68.2 cm³/mol. The zero-order valence-corrected chi connectivity index (χ0v) is 10.7. The summed E-state index contributed by atoms with van der Waals surface area (Å²) in [5, 5.41) is 7.30. The van der Waals surface area contributed by atoms with Crippen molar-refractivity contribution >= 4 is 23.3 Å². The van der Waals surface area contributed by atoms with E-state index in [4.69, 9.17) is 0 Å². The van der Waals surface area contributed by atoms with E-state index in [0.29, 0.717) is 19.1 Å². The number of carbonyl (C=O) groups excluding carboxylic acids is 2. The second kappa shape index (κ2) is 4.61. The van der Waals surface area contributed by atoms with Gasteiger partial charge in [-0.05, 0) is 24.3 Å². The summed E-state index contributed by atoms with van der Waals surface area (Å²) in [6.07, 6.45) is 2.15. The van der Waals surface area contributed by atoms with E-state index in [9.17, 15) is 9.59 Å². The molecule has 96 valence electrons. The van der Waals surface area contributed by atoms with Gasteiger partial charge in [-0.2, -0.15) is 0 Å². The largest absolute Gasteiger partial charge is 0.336 e. The van der Waals surface area contributed by atoms with Crippen LogP contribution in [0.5, 0.6) is 0 Å². The summed E-state index contributed by atoms with van der Waals surface area (Å²) in [6, 6.07) is 3.74. The first-order valence-electron chi connectivity index (χ1n) is 6.11. The predicted octanol–water partition coefficient (Wildman–Crippen LogP) is 0.920. The zero-order chi connectivity index (χ0) is 12.5. The van der Waals surface area contributed by atoms with Gasteiger partial charge in [0.1, 0.15) is 6.04 Å². The summed E-state index contributed by atoms with van der Waals surface area (Å²) in [6.45, 7) is 1.05. The number of thiophene rings is 1. The van der Waals surface area contributed by atoms with Crippen LogP contribution in [0.15, 0.2) is 17.5 Å². The Hall–Kier alpha value is -1.56. The van der Waals surface area contributed by atoms with Gasteiger partial charge < -0.3 is 15.5 Å². The number of hydrogen-bond donors (Lipinski definition) is 2. The third-order valence-electron chi connectivity index (χ3n) is 3.25. The van der Waals surface area contributed by atoms with E-state index in [0.717, 1.165) is 12.8 Å². The first-order chi connectivity index (χ1) is 8.74. The Morgan fingerprint density at radius 3 is 2.89 bits per heavy atom. The Bertz CT molecular complexity index is 456. The summed E-state index contributed by atoms with van der Waals surface area (Å²) in [5.41, 5.74) is 0. The minimum Gasteiger partial charge on any atom is -0.336 e. The number of carbonyl (C=O) groups is 2. The SMILES string of the molecule is O=C1NCC(C(=O)N(Cc2cccs2)C2CC2)N1. The minimum atomic E-state index is -0.405. The van der Waals surface area contributed by atoms with E-state index in [1.807, 2.05) is 22.4 Å². The second-order valence-electron chi connectivity index (χ2n) is 4.68. The topological polar surface area (TPSA) is 61.4 Å². The van der Waals surface area contributed by atoms with Crippen LogP contribution in [0.25, 0.3) is 0 Å². The van der Waals surface area contributed by atoms with Crippen molar-refractivity contribution in [3.63, 3.8) is 0 Å². The highest BCUT2D eigenvalue weighted by Gasteiger charge is 2.38. The third-order valence-corrected chi connectivity index (χ3v) is 4.11. The summed E-state index contributed by atoms with van der Waals surface area (Å²) in [5.74, 6) is 0.0317. The lowest BCUT2D eigenvalue weighted by Gasteiger charge is -2.24. The molecule has 1 aliphatic heterocycles. The lowest BCUT2D eigenvalue weighted by atomic mass is 10.2. The van der Waals surface area contributed by atoms with Gasteiger partial charge in [0, 0.05) is 17.5 Å². The minimum absolute atomic E-state index is 0.0317. The smallest absolute Gasteiger partial charge is 0.315 e. The average molecular weight is 265 g/mol. The van der Waals surface area contributed by atoms with Crippen LogP contribution in [-0.4, -0.2) is 35.5 Å². The van der Waals surface area contributed by atoms with Crippen molar-refractivity contribution in [2.24, 2.45) is 0 Å². The van der Waals surface area contributed by atoms with Crippen molar-refractivity contribution in [1.29, 1.82) is 0 Å². The molecule has 2 aliphatic rings. The molecular weight excluding hydrogens is 250 g/mol. The van der Waals surface area contributed by atoms with Crippen molar-refractivity contribution in [3.8, 4) is 0 Å². The number of nitrogens with one attached hydrogen (secondary N) is 2. The fourth-order valence-corrected chi connectivity index (χ4v) is 2.85. The highest BCUT2D eigenvalue weighted by Crippen LogP contribution is 2.29. The molecule has 1 saturated heterocycles. The Kier molecular flexibility index (Phi) is 2.95. The number of urea groups is 1. The summed E-state index contributed by atoms with van der Waals surface area (Å²) in [4.78, 5) is 26.6. The van der Waals surface area contributed by atoms with Gasteiger partial charge in [-0.15, -0.1) is 11.3 Å². The molecule has 6 heteroatoms. The first kappa shape index (κ1) is 11.5. The normalized spacial score (nSPS) is 22.4. The van der Waals surface area contributed by atoms with Gasteiger partial charge in [0.25, 0.3) is 0 Å². The van der Waals surface area contributed by atoms with Crippen LogP contribution >= 0.6 is 11.3 Å². The maximum atomic E-state index is 12.4. The monoisotopic (exact) mass is 265 g/mol. The Labute approximate surface area is 109 Å². The van der Waals surface area contributed by atoms with E-state index in [2.05, 4.69) is 10.6 Å².